The SMILES string of the molecule is NC[C@@H](F)CCc1ccccc1. The van der Waals surface area contributed by atoms with E-state index in [1.165, 1.54) is 5.56 Å². The lowest BCUT2D eigenvalue weighted by Crippen LogP contribution is -2.15. The van der Waals surface area contributed by atoms with Gasteiger partial charge in [0.15, 0.2) is 0 Å². The molecular formula is C10H14FN. The zero-order chi connectivity index (χ0) is 8.81. The predicted octanol–water partition coefficient (Wildman–Crippen LogP) is 1.92. The first-order valence-corrected chi connectivity index (χ1v) is 4.21. The van der Waals surface area contributed by atoms with Crippen LogP contribution in [0.5, 0.6) is 0 Å². The van der Waals surface area contributed by atoms with Gasteiger partial charge in [-0.05, 0) is 18.4 Å². The topological polar surface area (TPSA) is 26.0 Å². The summed E-state index contributed by atoms with van der Waals surface area (Å²) in [6.07, 6.45) is 0.449. The van der Waals surface area contributed by atoms with E-state index in [0.717, 1.165) is 6.42 Å². The third-order valence-electron chi connectivity index (χ3n) is 1.84. The van der Waals surface area contributed by atoms with E-state index in [2.05, 4.69) is 0 Å². The smallest absolute Gasteiger partial charge is 0.113 e. The third-order valence-corrected chi connectivity index (χ3v) is 1.84. The highest BCUT2D eigenvalue weighted by Crippen LogP contribution is 2.05. The molecule has 0 fully saturated rings. The Labute approximate surface area is 72.4 Å². The summed E-state index contributed by atoms with van der Waals surface area (Å²) in [5.74, 6) is 0. The van der Waals surface area contributed by atoms with Crippen LogP contribution in [-0.2, 0) is 6.42 Å². The lowest BCUT2D eigenvalue weighted by molar-refractivity contribution is 0.323. The van der Waals surface area contributed by atoms with Gasteiger partial charge >= 0.3 is 0 Å². The van der Waals surface area contributed by atoms with Crippen LogP contribution in [0.2, 0.25) is 0 Å². The van der Waals surface area contributed by atoms with E-state index >= 15 is 0 Å². The maximum Gasteiger partial charge on any atom is 0.113 e. The maximum atomic E-state index is 12.7. The third kappa shape index (κ3) is 3.01. The van der Waals surface area contributed by atoms with E-state index in [1.807, 2.05) is 30.3 Å². The molecule has 0 heterocycles. The Morgan fingerprint density at radius 1 is 1.25 bits per heavy atom. The first-order chi connectivity index (χ1) is 5.83. The minimum atomic E-state index is -0.856. The molecular weight excluding hydrogens is 153 g/mol. The fraction of sp³-hybridized carbons (Fsp3) is 0.400. The van der Waals surface area contributed by atoms with Gasteiger partial charge < -0.3 is 5.73 Å². The van der Waals surface area contributed by atoms with E-state index in [-0.39, 0.29) is 6.54 Å². The minimum Gasteiger partial charge on any atom is -0.328 e. The van der Waals surface area contributed by atoms with Crippen LogP contribution in [0, 0.1) is 0 Å². The van der Waals surface area contributed by atoms with Gasteiger partial charge in [0.2, 0.25) is 0 Å². The molecule has 0 aromatic heterocycles. The average Bonchev–Trinajstić information content (AvgIpc) is 2.16. The summed E-state index contributed by atoms with van der Waals surface area (Å²) in [7, 11) is 0. The van der Waals surface area contributed by atoms with Crippen molar-refractivity contribution < 1.29 is 4.39 Å². The van der Waals surface area contributed by atoms with E-state index in [9.17, 15) is 4.39 Å². The molecule has 0 unspecified atom stereocenters. The number of hydrogen-bond acceptors (Lipinski definition) is 1. The number of rotatable bonds is 4. The molecule has 1 aromatic carbocycles. The van der Waals surface area contributed by atoms with Crippen LogP contribution in [0.4, 0.5) is 4.39 Å². The van der Waals surface area contributed by atoms with Crippen molar-refractivity contribution in [2.24, 2.45) is 5.73 Å². The fourth-order valence-corrected chi connectivity index (χ4v) is 1.09. The fourth-order valence-electron chi connectivity index (χ4n) is 1.09. The largest absolute Gasteiger partial charge is 0.328 e. The Hall–Kier alpha value is -0.890. The van der Waals surface area contributed by atoms with Gasteiger partial charge in [0.1, 0.15) is 6.17 Å². The molecule has 1 nitrogen and oxygen atoms in total. The Morgan fingerprint density at radius 2 is 1.92 bits per heavy atom. The average molecular weight is 167 g/mol. The number of nitrogens with two attached hydrogens (primary N) is 1. The zero-order valence-corrected chi connectivity index (χ0v) is 7.04. The van der Waals surface area contributed by atoms with Crippen LogP contribution in [0.3, 0.4) is 0 Å². The van der Waals surface area contributed by atoms with Crippen LogP contribution < -0.4 is 5.73 Å². The molecule has 0 bridgehead atoms. The first kappa shape index (κ1) is 9.20. The number of benzene rings is 1. The number of halogens is 1. The lowest BCUT2D eigenvalue weighted by atomic mass is 10.1. The van der Waals surface area contributed by atoms with Crippen molar-refractivity contribution in [3.63, 3.8) is 0 Å². The molecule has 0 amide bonds. The summed E-state index contributed by atoms with van der Waals surface area (Å²) in [5, 5.41) is 0. The van der Waals surface area contributed by atoms with Gasteiger partial charge in [-0.2, -0.15) is 0 Å². The molecule has 66 valence electrons. The Morgan fingerprint density at radius 3 is 2.50 bits per heavy atom. The van der Waals surface area contributed by atoms with Crippen molar-refractivity contribution in [1.82, 2.24) is 0 Å². The molecule has 1 atom stereocenters. The Bertz CT molecular complexity index is 210. The molecule has 0 saturated carbocycles. The second-order valence-corrected chi connectivity index (χ2v) is 2.86. The van der Waals surface area contributed by atoms with E-state index in [4.69, 9.17) is 5.73 Å². The highest BCUT2D eigenvalue weighted by molar-refractivity contribution is 5.14. The van der Waals surface area contributed by atoms with Crippen molar-refractivity contribution >= 4 is 0 Å². The van der Waals surface area contributed by atoms with E-state index in [1.54, 1.807) is 0 Å². The highest BCUT2D eigenvalue weighted by atomic mass is 19.1. The molecule has 0 aliphatic heterocycles. The van der Waals surface area contributed by atoms with Crippen molar-refractivity contribution in [2.45, 2.75) is 19.0 Å². The molecule has 1 rings (SSSR count). The molecule has 0 spiro atoms. The van der Waals surface area contributed by atoms with Crippen LogP contribution >= 0.6 is 0 Å². The summed E-state index contributed by atoms with van der Waals surface area (Å²) in [5.41, 5.74) is 6.34. The summed E-state index contributed by atoms with van der Waals surface area (Å²) >= 11 is 0. The molecule has 2 heteroatoms. The molecule has 0 radical (unpaired) electrons. The van der Waals surface area contributed by atoms with Crippen LogP contribution in [0.25, 0.3) is 0 Å². The van der Waals surface area contributed by atoms with E-state index in [0.29, 0.717) is 6.42 Å². The van der Waals surface area contributed by atoms with Crippen molar-refractivity contribution in [2.75, 3.05) is 6.54 Å². The number of hydrogen-bond donors (Lipinski definition) is 1. The summed E-state index contributed by atoms with van der Waals surface area (Å²) in [6, 6.07) is 9.89. The first-order valence-electron chi connectivity index (χ1n) is 4.21. The van der Waals surface area contributed by atoms with Crippen LogP contribution in [-0.4, -0.2) is 12.7 Å². The van der Waals surface area contributed by atoms with Gasteiger partial charge in [-0.15, -0.1) is 0 Å². The molecule has 1 aromatic rings. The van der Waals surface area contributed by atoms with Gasteiger partial charge in [-0.25, -0.2) is 4.39 Å². The van der Waals surface area contributed by atoms with Crippen molar-refractivity contribution in [3.05, 3.63) is 35.9 Å². The molecule has 2 N–H and O–H groups in total. The zero-order valence-electron chi connectivity index (χ0n) is 7.04. The Kier molecular flexibility index (Phi) is 3.74. The summed E-state index contributed by atoms with van der Waals surface area (Å²) in [6.45, 7) is 0.132. The van der Waals surface area contributed by atoms with Gasteiger partial charge in [0, 0.05) is 6.54 Å². The normalized spacial score (nSPS) is 12.8. The van der Waals surface area contributed by atoms with Gasteiger partial charge in [-0.1, -0.05) is 30.3 Å². The number of aryl methyl sites for hydroxylation is 1. The second kappa shape index (κ2) is 4.88. The van der Waals surface area contributed by atoms with Gasteiger partial charge in [-0.3, -0.25) is 0 Å². The molecule has 0 saturated heterocycles. The maximum absolute atomic E-state index is 12.7. The van der Waals surface area contributed by atoms with Crippen molar-refractivity contribution in [3.8, 4) is 0 Å². The van der Waals surface area contributed by atoms with Crippen LogP contribution in [0.15, 0.2) is 30.3 Å². The highest BCUT2D eigenvalue weighted by Gasteiger charge is 2.02. The number of alkyl halides is 1. The van der Waals surface area contributed by atoms with Gasteiger partial charge in [0.05, 0.1) is 0 Å². The Balaban J connectivity index is 2.33. The molecule has 0 aliphatic rings. The minimum absolute atomic E-state index is 0.132. The predicted molar refractivity (Wildman–Crippen MR) is 48.7 cm³/mol. The van der Waals surface area contributed by atoms with Gasteiger partial charge in [0.25, 0.3) is 0 Å². The van der Waals surface area contributed by atoms with Crippen molar-refractivity contribution in [1.29, 1.82) is 0 Å². The monoisotopic (exact) mass is 167 g/mol. The quantitative estimate of drug-likeness (QED) is 0.728. The van der Waals surface area contributed by atoms with E-state index < -0.39 is 6.17 Å². The standard InChI is InChI=1S/C10H14FN/c11-10(8-12)7-6-9-4-2-1-3-5-9/h1-5,10H,6-8,12H2/t10-/m0/s1. The summed E-state index contributed by atoms with van der Waals surface area (Å²) in [4.78, 5) is 0. The second-order valence-electron chi connectivity index (χ2n) is 2.86. The molecule has 12 heavy (non-hydrogen) atoms. The molecule has 0 aliphatic carbocycles. The van der Waals surface area contributed by atoms with Crippen LogP contribution in [0.1, 0.15) is 12.0 Å². The summed E-state index contributed by atoms with van der Waals surface area (Å²) < 4.78 is 12.7. The lowest BCUT2D eigenvalue weighted by Gasteiger charge is -2.04.